The first-order valence-electron chi connectivity index (χ1n) is 7.93. The Morgan fingerprint density at radius 2 is 1.40 bits per heavy atom. The second-order valence-corrected chi connectivity index (χ2v) is 11.7. The molecule has 2 aromatic rings. The maximum atomic E-state index is 12.7. The summed E-state index contributed by atoms with van der Waals surface area (Å²) >= 11 is 0. The third-order valence-electron chi connectivity index (χ3n) is 4.02. The van der Waals surface area contributed by atoms with E-state index in [2.05, 4.69) is 41.5 Å². The number of anilines is 1. The quantitative estimate of drug-likeness (QED) is 0.418. The Bertz CT molecular complexity index is 682. The zero-order chi connectivity index (χ0) is 17.4. The summed E-state index contributed by atoms with van der Waals surface area (Å²) in [6.07, 6.45) is 0.385. The molecule has 6 heteroatoms. The van der Waals surface area contributed by atoms with E-state index in [1.54, 1.807) is 12.1 Å². The SMILES string of the molecule is CC(C)(C)P(CN([O-])c1ccc2ccccc2c1[O-])C(C)(C)C.[Li+].[Li+]. The van der Waals surface area contributed by atoms with Gasteiger partial charge in [-0.1, -0.05) is 85.5 Å². The zero-order valence-corrected chi connectivity index (χ0v) is 17.8. The molecule has 0 aliphatic carbocycles. The van der Waals surface area contributed by atoms with Crippen LogP contribution in [0.2, 0.25) is 0 Å². The Balaban J connectivity index is 0.00000288. The predicted octanol–water partition coefficient (Wildman–Crippen LogP) is -0.738. The Morgan fingerprint density at radius 3 is 1.92 bits per heavy atom. The fourth-order valence-electron chi connectivity index (χ4n) is 3.06. The van der Waals surface area contributed by atoms with E-state index in [0.717, 1.165) is 10.4 Å². The van der Waals surface area contributed by atoms with Crippen molar-refractivity contribution in [1.82, 2.24) is 0 Å². The first kappa shape index (κ1) is 24.9. The molecule has 2 aromatic carbocycles. The van der Waals surface area contributed by atoms with E-state index in [4.69, 9.17) is 0 Å². The average molecular weight is 345 g/mol. The van der Waals surface area contributed by atoms with E-state index in [0.29, 0.717) is 11.7 Å². The van der Waals surface area contributed by atoms with E-state index in [1.165, 1.54) is 0 Å². The molecule has 0 aromatic heterocycles. The second-order valence-electron chi connectivity index (χ2n) is 7.92. The van der Waals surface area contributed by atoms with Gasteiger partial charge in [0.25, 0.3) is 0 Å². The van der Waals surface area contributed by atoms with E-state index < -0.39 is 7.92 Å². The van der Waals surface area contributed by atoms with Gasteiger partial charge in [0, 0.05) is 12.0 Å². The Kier molecular flexibility index (Phi) is 9.15. The molecule has 0 saturated heterocycles. The maximum Gasteiger partial charge on any atom is 1.00 e. The minimum Gasteiger partial charge on any atom is -0.871 e. The van der Waals surface area contributed by atoms with Crippen LogP contribution >= 0.6 is 7.92 Å². The number of nitrogens with zero attached hydrogens (tertiary/aromatic N) is 1. The molecule has 0 unspecified atom stereocenters. The summed E-state index contributed by atoms with van der Waals surface area (Å²) in [5.41, 5.74) is 0.254. The molecule has 3 nitrogen and oxygen atoms in total. The Morgan fingerprint density at radius 1 is 0.880 bits per heavy atom. The van der Waals surface area contributed by atoms with Gasteiger partial charge in [-0.3, -0.25) is 0 Å². The van der Waals surface area contributed by atoms with Crippen LogP contribution in [-0.4, -0.2) is 16.6 Å². The molecule has 0 atom stereocenters. The van der Waals surface area contributed by atoms with Gasteiger partial charge in [0.05, 0.1) is 0 Å². The number of rotatable bonds is 3. The Labute approximate surface area is 177 Å². The topological polar surface area (TPSA) is 49.4 Å². The first-order chi connectivity index (χ1) is 10.5. The van der Waals surface area contributed by atoms with Gasteiger partial charge in [0.1, 0.15) is 0 Å². The number of hydroxylamine groups is 1. The molecule has 2 rings (SSSR count). The smallest absolute Gasteiger partial charge is 0.871 e. The minimum absolute atomic E-state index is 0. The summed E-state index contributed by atoms with van der Waals surface area (Å²) in [7, 11) is -0.587. The summed E-state index contributed by atoms with van der Waals surface area (Å²) < 4.78 is 0. The third kappa shape index (κ3) is 5.94. The van der Waals surface area contributed by atoms with Crippen molar-refractivity contribution < 1.29 is 42.8 Å². The molecule has 0 amide bonds. The fraction of sp³-hybridized carbons (Fsp3) is 0.474. The van der Waals surface area contributed by atoms with Crippen molar-refractivity contribution in [3.05, 3.63) is 41.6 Å². The molecular weight excluding hydrogens is 319 g/mol. The molecule has 0 saturated carbocycles. The fourth-order valence-corrected chi connectivity index (χ4v) is 6.33. The molecular formula is C19H26Li2NO2P. The number of benzene rings is 2. The van der Waals surface area contributed by atoms with Gasteiger partial charge in [-0.05, 0) is 27.2 Å². The van der Waals surface area contributed by atoms with Crippen molar-refractivity contribution >= 4 is 24.4 Å². The minimum atomic E-state index is -0.587. The van der Waals surface area contributed by atoms with Gasteiger partial charge in [-0.2, -0.15) is 0 Å². The van der Waals surface area contributed by atoms with Crippen LogP contribution in [0.5, 0.6) is 5.75 Å². The summed E-state index contributed by atoms with van der Waals surface area (Å²) in [6, 6.07) is 10.9. The molecule has 0 heterocycles. The van der Waals surface area contributed by atoms with Crippen LogP contribution in [0.3, 0.4) is 0 Å². The second kappa shape index (κ2) is 9.19. The van der Waals surface area contributed by atoms with Gasteiger partial charge in [-0.15, -0.1) is 0 Å². The van der Waals surface area contributed by atoms with Crippen LogP contribution in [0, 0.1) is 5.21 Å². The zero-order valence-electron chi connectivity index (χ0n) is 16.9. The van der Waals surface area contributed by atoms with Crippen LogP contribution < -0.4 is 47.9 Å². The number of hydrogen-bond donors (Lipinski definition) is 0. The van der Waals surface area contributed by atoms with Gasteiger partial charge < -0.3 is 15.4 Å². The van der Waals surface area contributed by atoms with Crippen molar-refractivity contribution in [1.29, 1.82) is 0 Å². The first-order valence-corrected chi connectivity index (χ1v) is 9.45. The molecule has 0 aliphatic heterocycles. The molecule has 0 bridgehead atoms. The van der Waals surface area contributed by atoms with Crippen molar-refractivity contribution in [2.75, 3.05) is 11.3 Å². The summed E-state index contributed by atoms with van der Waals surface area (Å²) in [5, 5.41) is 27.9. The number of fused-ring (bicyclic) bond motifs is 1. The van der Waals surface area contributed by atoms with Crippen molar-refractivity contribution in [3.8, 4) is 5.75 Å². The van der Waals surface area contributed by atoms with Gasteiger partial charge in [0.2, 0.25) is 0 Å². The summed E-state index contributed by atoms with van der Waals surface area (Å²) in [4.78, 5) is 0. The summed E-state index contributed by atoms with van der Waals surface area (Å²) in [6.45, 7) is 13.1. The summed E-state index contributed by atoms with van der Waals surface area (Å²) in [5.74, 6) is -0.170. The molecule has 0 N–H and O–H groups in total. The van der Waals surface area contributed by atoms with E-state index >= 15 is 0 Å². The monoisotopic (exact) mass is 345 g/mol. The molecule has 0 aliphatic rings. The van der Waals surface area contributed by atoms with Crippen LogP contribution in [0.4, 0.5) is 5.69 Å². The third-order valence-corrected chi connectivity index (χ3v) is 7.80. The molecule has 0 spiro atoms. The van der Waals surface area contributed by atoms with Crippen molar-refractivity contribution in [3.63, 3.8) is 0 Å². The maximum absolute atomic E-state index is 12.7. The molecule has 25 heavy (non-hydrogen) atoms. The molecule has 126 valence electrons. The van der Waals surface area contributed by atoms with Gasteiger partial charge in [0.15, 0.2) is 0 Å². The largest absolute Gasteiger partial charge is 1.00 e. The van der Waals surface area contributed by atoms with Crippen LogP contribution in [0.25, 0.3) is 10.8 Å². The van der Waals surface area contributed by atoms with Crippen LogP contribution in [0.15, 0.2) is 36.4 Å². The molecule has 0 radical (unpaired) electrons. The van der Waals surface area contributed by atoms with Gasteiger partial charge in [-0.25, -0.2) is 0 Å². The normalized spacial score (nSPS) is 11.8. The standard InChI is InChI=1S/C19H27NO2P.2Li/c1-18(2,3)23(19(4,5)6)13-20(22)16-12-11-14-9-7-8-10-15(14)17(16)21;;/h7-12,21H,13H2,1-6H3;;/q-1;2*+1/p-1. The molecule has 0 fully saturated rings. The predicted molar refractivity (Wildman–Crippen MR) is 101 cm³/mol. The van der Waals surface area contributed by atoms with Crippen molar-refractivity contribution in [2.24, 2.45) is 0 Å². The average Bonchev–Trinajstić information content (AvgIpc) is 2.42. The number of hydrogen-bond acceptors (Lipinski definition) is 3. The Hall–Kier alpha value is -0.115. The van der Waals surface area contributed by atoms with E-state index in [-0.39, 0.29) is 59.5 Å². The van der Waals surface area contributed by atoms with E-state index in [9.17, 15) is 10.3 Å². The van der Waals surface area contributed by atoms with E-state index in [1.807, 2.05) is 24.3 Å². The van der Waals surface area contributed by atoms with Crippen molar-refractivity contribution in [2.45, 2.75) is 51.9 Å². The van der Waals surface area contributed by atoms with Crippen LogP contribution in [-0.2, 0) is 0 Å². The van der Waals surface area contributed by atoms with Gasteiger partial charge >= 0.3 is 37.7 Å². The van der Waals surface area contributed by atoms with Crippen LogP contribution in [0.1, 0.15) is 41.5 Å².